The van der Waals surface area contributed by atoms with E-state index in [1.54, 1.807) is 6.42 Å². The minimum absolute atomic E-state index is 0.810. The highest BCUT2D eigenvalue weighted by atomic mass is 16.2. The Balaban J connectivity index is 0.000000231. The van der Waals surface area contributed by atoms with E-state index >= 15 is 0 Å². The first-order valence-electron chi connectivity index (χ1n) is 4.23. The molecule has 0 spiro atoms. The summed E-state index contributed by atoms with van der Waals surface area (Å²) < 4.78 is 0. The molecule has 0 unspecified atom stereocenters. The van der Waals surface area contributed by atoms with E-state index in [2.05, 4.69) is 6.92 Å². The number of aliphatic hydroxyl groups is 1. The second kappa shape index (κ2) is 2.91. The van der Waals surface area contributed by atoms with Crippen LogP contribution in [0.4, 0.5) is 0 Å². The lowest BCUT2D eigenvalue weighted by atomic mass is 9.87. The highest BCUT2D eigenvalue weighted by Gasteiger charge is 2.40. The fourth-order valence-electron chi connectivity index (χ4n) is 2.48. The predicted molar refractivity (Wildman–Crippen MR) is 42.8 cm³/mol. The van der Waals surface area contributed by atoms with E-state index in [1.165, 1.54) is 25.7 Å². The van der Waals surface area contributed by atoms with Crippen LogP contribution >= 0.6 is 0 Å². The van der Waals surface area contributed by atoms with Crippen LogP contribution in [0.15, 0.2) is 0 Å². The van der Waals surface area contributed by atoms with Crippen molar-refractivity contribution in [3.63, 3.8) is 0 Å². The van der Waals surface area contributed by atoms with E-state index in [0.29, 0.717) is 0 Å². The lowest BCUT2D eigenvalue weighted by Gasteiger charge is -2.18. The quantitative estimate of drug-likeness (QED) is 0.549. The maximum Gasteiger partial charge on any atom is 0.0319 e. The molecule has 0 atom stereocenters. The molecule has 0 saturated heterocycles. The molecule has 0 heterocycles. The first-order valence-corrected chi connectivity index (χ1v) is 4.23. The highest BCUT2D eigenvalue weighted by Crippen LogP contribution is 2.53. The molecule has 0 aliphatic heterocycles. The summed E-state index contributed by atoms with van der Waals surface area (Å²) in [4.78, 5) is 0. The monoisotopic (exact) mass is 142 g/mol. The molecule has 0 amide bonds. The zero-order valence-electron chi connectivity index (χ0n) is 7.06. The fourth-order valence-corrected chi connectivity index (χ4v) is 2.48. The maximum atomic E-state index is 7.00. The van der Waals surface area contributed by atoms with Gasteiger partial charge in [0.1, 0.15) is 0 Å². The van der Waals surface area contributed by atoms with Crippen LogP contribution in [-0.4, -0.2) is 12.2 Å². The zero-order chi connectivity index (χ0) is 7.61. The summed E-state index contributed by atoms with van der Waals surface area (Å²) in [6.07, 6.45) is 7.68. The Kier molecular flexibility index (Phi) is 2.35. The van der Waals surface area contributed by atoms with E-state index in [0.717, 1.165) is 18.4 Å². The lowest BCUT2D eigenvalue weighted by Crippen LogP contribution is -2.06. The van der Waals surface area contributed by atoms with Crippen molar-refractivity contribution in [2.24, 2.45) is 11.3 Å². The Hall–Kier alpha value is -0.0400. The van der Waals surface area contributed by atoms with E-state index in [-0.39, 0.29) is 0 Å². The van der Waals surface area contributed by atoms with Crippen LogP contribution in [0.25, 0.3) is 0 Å². The van der Waals surface area contributed by atoms with Crippen molar-refractivity contribution in [3.05, 3.63) is 0 Å². The summed E-state index contributed by atoms with van der Waals surface area (Å²) in [6, 6.07) is 0. The second-order valence-corrected chi connectivity index (χ2v) is 3.96. The Morgan fingerprint density at radius 1 is 1.20 bits per heavy atom. The smallest absolute Gasteiger partial charge is 0.0319 e. The average Bonchev–Trinajstić information content (AvgIpc) is 2.49. The van der Waals surface area contributed by atoms with Crippen LogP contribution in [0.1, 0.15) is 39.0 Å². The second-order valence-electron chi connectivity index (χ2n) is 3.96. The molecular weight excluding hydrogens is 124 g/mol. The molecule has 0 aromatic rings. The van der Waals surface area contributed by atoms with Crippen LogP contribution < -0.4 is 0 Å². The molecule has 1 nitrogen and oxygen atoms in total. The van der Waals surface area contributed by atoms with Gasteiger partial charge in [0.05, 0.1) is 0 Å². The molecule has 2 aliphatic carbocycles. The van der Waals surface area contributed by atoms with E-state index in [1.807, 2.05) is 0 Å². The van der Waals surface area contributed by atoms with E-state index in [4.69, 9.17) is 5.11 Å². The van der Waals surface area contributed by atoms with Gasteiger partial charge in [-0.2, -0.15) is 0 Å². The fraction of sp³-hybridized carbons (Fsp3) is 1.00. The number of hydrogen-bond donors (Lipinski definition) is 1. The third-order valence-electron chi connectivity index (χ3n) is 3.09. The Morgan fingerprint density at radius 2 is 1.70 bits per heavy atom. The molecule has 2 saturated carbocycles. The first-order chi connectivity index (χ1) is 4.79. The molecule has 0 aromatic carbocycles. The standard InChI is InChI=1S/C8H14.CH4O/c1-8-4-2-7(6-8)3-5-8;1-2/h7H,2-6H2,1H3;2H,1H3. The van der Waals surface area contributed by atoms with Crippen LogP contribution in [0, 0.1) is 11.3 Å². The van der Waals surface area contributed by atoms with Gasteiger partial charge in [0, 0.05) is 7.11 Å². The van der Waals surface area contributed by atoms with Gasteiger partial charge in [0.15, 0.2) is 0 Å². The van der Waals surface area contributed by atoms with Crippen molar-refractivity contribution in [2.45, 2.75) is 39.0 Å². The molecule has 1 heteroatoms. The van der Waals surface area contributed by atoms with Gasteiger partial charge in [-0.1, -0.05) is 6.92 Å². The minimum Gasteiger partial charge on any atom is -0.400 e. The van der Waals surface area contributed by atoms with Gasteiger partial charge < -0.3 is 5.11 Å². The third kappa shape index (κ3) is 1.34. The van der Waals surface area contributed by atoms with Crippen molar-refractivity contribution in [3.8, 4) is 0 Å². The molecule has 0 radical (unpaired) electrons. The molecular formula is C9H18O. The van der Waals surface area contributed by atoms with Crippen molar-refractivity contribution in [1.82, 2.24) is 0 Å². The normalized spacial score (nSPS) is 42.9. The van der Waals surface area contributed by atoms with Gasteiger partial charge in [-0.15, -0.1) is 0 Å². The first kappa shape index (κ1) is 8.06. The predicted octanol–water partition coefficient (Wildman–Crippen LogP) is 2.20. The minimum atomic E-state index is 0.810. The Bertz CT molecular complexity index is 101. The number of aliphatic hydroxyl groups excluding tert-OH is 1. The average molecular weight is 142 g/mol. The topological polar surface area (TPSA) is 20.2 Å². The summed E-state index contributed by atoms with van der Waals surface area (Å²) in [5.41, 5.74) is 0.810. The number of hydrogen-bond acceptors (Lipinski definition) is 1. The van der Waals surface area contributed by atoms with Crippen LogP contribution in [0.3, 0.4) is 0 Å². The molecule has 2 aliphatic rings. The largest absolute Gasteiger partial charge is 0.400 e. The molecule has 0 aromatic heterocycles. The van der Waals surface area contributed by atoms with Crippen LogP contribution in [0.2, 0.25) is 0 Å². The van der Waals surface area contributed by atoms with Gasteiger partial charge in [-0.05, 0) is 43.4 Å². The van der Waals surface area contributed by atoms with Gasteiger partial charge in [-0.25, -0.2) is 0 Å². The number of rotatable bonds is 0. The van der Waals surface area contributed by atoms with Gasteiger partial charge in [0.25, 0.3) is 0 Å². The molecule has 2 bridgehead atoms. The van der Waals surface area contributed by atoms with Crippen molar-refractivity contribution in [2.75, 3.05) is 7.11 Å². The van der Waals surface area contributed by atoms with E-state index < -0.39 is 0 Å². The summed E-state index contributed by atoms with van der Waals surface area (Å²) in [5, 5.41) is 7.00. The lowest BCUT2D eigenvalue weighted by molar-refractivity contribution is 0.332. The molecule has 60 valence electrons. The van der Waals surface area contributed by atoms with Gasteiger partial charge >= 0.3 is 0 Å². The van der Waals surface area contributed by atoms with Crippen LogP contribution in [-0.2, 0) is 0 Å². The molecule has 2 fully saturated rings. The molecule has 1 N–H and O–H groups in total. The van der Waals surface area contributed by atoms with E-state index in [9.17, 15) is 0 Å². The zero-order valence-corrected chi connectivity index (χ0v) is 7.06. The number of fused-ring (bicyclic) bond motifs is 2. The summed E-state index contributed by atoms with van der Waals surface area (Å²) in [6.45, 7) is 2.46. The SMILES string of the molecule is CC12CCC(CC1)C2.CO. The van der Waals surface area contributed by atoms with Crippen molar-refractivity contribution >= 4 is 0 Å². The third-order valence-corrected chi connectivity index (χ3v) is 3.09. The van der Waals surface area contributed by atoms with Gasteiger partial charge in [-0.3, -0.25) is 0 Å². The Morgan fingerprint density at radius 3 is 1.80 bits per heavy atom. The molecule has 10 heavy (non-hydrogen) atoms. The van der Waals surface area contributed by atoms with Crippen LogP contribution in [0.5, 0.6) is 0 Å². The van der Waals surface area contributed by atoms with Crippen molar-refractivity contribution in [1.29, 1.82) is 0 Å². The Labute approximate surface area is 63.4 Å². The highest BCUT2D eigenvalue weighted by molar-refractivity contribution is 4.92. The summed E-state index contributed by atoms with van der Waals surface area (Å²) >= 11 is 0. The summed E-state index contributed by atoms with van der Waals surface area (Å²) in [5.74, 6) is 1.14. The summed E-state index contributed by atoms with van der Waals surface area (Å²) in [7, 11) is 1.00. The van der Waals surface area contributed by atoms with Crippen molar-refractivity contribution < 1.29 is 5.11 Å². The molecule has 2 rings (SSSR count). The van der Waals surface area contributed by atoms with Gasteiger partial charge in [0.2, 0.25) is 0 Å². The maximum absolute atomic E-state index is 7.00.